The van der Waals surface area contributed by atoms with Gasteiger partial charge < -0.3 is 15.7 Å². The van der Waals surface area contributed by atoms with Crippen LogP contribution in [-0.4, -0.2) is 37.3 Å². The zero-order chi connectivity index (χ0) is 12.5. The van der Waals surface area contributed by atoms with Crippen molar-refractivity contribution in [2.75, 3.05) is 26.2 Å². The SMILES string of the molecule is CCCC(CCO)CNC(=O)C1CCNCC1. The highest BCUT2D eigenvalue weighted by atomic mass is 16.3. The first-order valence-electron chi connectivity index (χ1n) is 6.87. The summed E-state index contributed by atoms with van der Waals surface area (Å²) in [7, 11) is 0. The van der Waals surface area contributed by atoms with Crippen molar-refractivity contribution in [3.63, 3.8) is 0 Å². The van der Waals surface area contributed by atoms with E-state index in [-0.39, 0.29) is 18.4 Å². The van der Waals surface area contributed by atoms with E-state index in [4.69, 9.17) is 5.11 Å². The van der Waals surface area contributed by atoms with Gasteiger partial charge in [0.05, 0.1) is 0 Å². The number of carbonyl (C=O) groups is 1. The third kappa shape index (κ3) is 5.50. The molecule has 1 unspecified atom stereocenters. The van der Waals surface area contributed by atoms with Gasteiger partial charge >= 0.3 is 0 Å². The van der Waals surface area contributed by atoms with E-state index in [1.807, 2.05) is 0 Å². The standard InChI is InChI=1S/C13H26N2O2/c1-2-3-11(6-9-16)10-15-13(17)12-4-7-14-8-5-12/h11-12,14,16H,2-10H2,1H3,(H,15,17). The fourth-order valence-corrected chi connectivity index (χ4v) is 2.41. The molecule has 1 atom stereocenters. The molecule has 0 bridgehead atoms. The summed E-state index contributed by atoms with van der Waals surface area (Å²) in [5, 5.41) is 15.3. The van der Waals surface area contributed by atoms with E-state index in [2.05, 4.69) is 17.6 Å². The van der Waals surface area contributed by atoms with Crippen LogP contribution < -0.4 is 10.6 Å². The Morgan fingerprint density at radius 2 is 2.12 bits per heavy atom. The Labute approximate surface area is 104 Å². The van der Waals surface area contributed by atoms with Crippen LogP contribution in [0.3, 0.4) is 0 Å². The maximum atomic E-state index is 11.9. The summed E-state index contributed by atoms with van der Waals surface area (Å²) in [5.74, 6) is 0.814. The molecule has 17 heavy (non-hydrogen) atoms. The van der Waals surface area contributed by atoms with Crippen LogP contribution in [0.5, 0.6) is 0 Å². The molecule has 1 saturated heterocycles. The first-order chi connectivity index (χ1) is 8.27. The number of piperidine rings is 1. The van der Waals surface area contributed by atoms with Crippen LogP contribution in [-0.2, 0) is 4.79 Å². The zero-order valence-corrected chi connectivity index (χ0v) is 10.9. The van der Waals surface area contributed by atoms with E-state index in [0.717, 1.165) is 51.7 Å². The molecule has 1 rings (SSSR count). The van der Waals surface area contributed by atoms with E-state index in [1.165, 1.54) is 0 Å². The topological polar surface area (TPSA) is 61.4 Å². The lowest BCUT2D eigenvalue weighted by molar-refractivity contribution is -0.125. The van der Waals surface area contributed by atoms with Crippen molar-refractivity contribution in [2.45, 2.75) is 39.0 Å². The lowest BCUT2D eigenvalue weighted by Gasteiger charge is -2.23. The van der Waals surface area contributed by atoms with Crippen LogP contribution >= 0.6 is 0 Å². The van der Waals surface area contributed by atoms with E-state index in [1.54, 1.807) is 0 Å². The summed E-state index contributed by atoms with van der Waals surface area (Å²) >= 11 is 0. The van der Waals surface area contributed by atoms with Gasteiger partial charge in [-0.2, -0.15) is 0 Å². The summed E-state index contributed by atoms with van der Waals surface area (Å²) in [6.07, 6.45) is 4.87. The number of amides is 1. The molecule has 0 spiro atoms. The molecule has 0 aromatic heterocycles. The van der Waals surface area contributed by atoms with Gasteiger partial charge in [-0.15, -0.1) is 0 Å². The molecule has 3 N–H and O–H groups in total. The monoisotopic (exact) mass is 242 g/mol. The largest absolute Gasteiger partial charge is 0.396 e. The third-order valence-electron chi connectivity index (χ3n) is 3.51. The van der Waals surface area contributed by atoms with Crippen LogP contribution in [0, 0.1) is 11.8 Å². The van der Waals surface area contributed by atoms with Crippen LogP contribution in [0.4, 0.5) is 0 Å². The minimum Gasteiger partial charge on any atom is -0.396 e. The van der Waals surface area contributed by atoms with Crippen LogP contribution in [0.1, 0.15) is 39.0 Å². The van der Waals surface area contributed by atoms with Gasteiger partial charge in [0.15, 0.2) is 0 Å². The lowest BCUT2D eigenvalue weighted by atomic mass is 9.96. The van der Waals surface area contributed by atoms with Crippen molar-refractivity contribution in [2.24, 2.45) is 11.8 Å². The molecule has 1 aliphatic heterocycles. The van der Waals surface area contributed by atoms with Crippen molar-refractivity contribution in [3.8, 4) is 0 Å². The predicted molar refractivity (Wildman–Crippen MR) is 68.7 cm³/mol. The van der Waals surface area contributed by atoms with Gasteiger partial charge in [-0.25, -0.2) is 0 Å². The van der Waals surface area contributed by atoms with E-state index >= 15 is 0 Å². The number of hydrogen-bond acceptors (Lipinski definition) is 3. The Morgan fingerprint density at radius 1 is 1.41 bits per heavy atom. The van der Waals surface area contributed by atoms with Crippen molar-refractivity contribution in [3.05, 3.63) is 0 Å². The van der Waals surface area contributed by atoms with Crippen LogP contribution in [0.2, 0.25) is 0 Å². The van der Waals surface area contributed by atoms with Gasteiger partial charge in [0, 0.05) is 19.1 Å². The van der Waals surface area contributed by atoms with E-state index in [9.17, 15) is 4.79 Å². The number of aliphatic hydroxyl groups is 1. The van der Waals surface area contributed by atoms with E-state index < -0.39 is 0 Å². The smallest absolute Gasteiger partial charge is 0.223 e. The molecule has 1 heterocycles. The van der Waals surface area contributed by atoms with Gasteiger partial charge in [0.2, 0.25) is 5.91 Å². The van der Waals surface area contributed by atoms with E-state index in [0.29, 0.717) is 5.92 Å². The molecule has 1 amide bonds. The fourth-order valence-electron chi connectivity index (χ4n) is 2.41. The fraction of sp³-hybridized carbons (Fsp3) is 0.923. The molecule has 100 valence electrons. The Kier molecular flexibility index (Phi) is 7.21. The molecule has 0 aliphatic carbocycles. The van der Waals surface area contributed by atoms with Gasteiger partial charge in [0.1, 0.15) is 0 Å². The normalized spacial score (nSPS) is 18.9. The molecular weight excluding hydrogens is 216 g/mol. The quantitative estimate of drug-likeness (QED) is 0.621. The number of aliphatic hydroxyl groups excluding tert-OH is 1. The summed E-state index contributed by atoms with van der Waals surface area (Å²) in [6.45, 7) is 4.98. The molecule has 1 fully saturated rings. The second-order valence-electron chi connectivity index (χ2n) is 4.94. The van der Waals surface area contributed by atoms with Crippen molar-refractivity contribution in [1.82, 2.24) is 10.6 Å². The number of nitrogens with one attached hydrogen (secondary N) is 2. The zero-order valence-electron chi connectivity index (χ0n) is 10.9. The highest BCUT2D eigenvalue weighted by Crippen LogP contribution is 2.13. The summed E-state index contributed by atoms with van der Waals surface area (Å²) in [5.41, 5.74) is 0. The predicted octanol–water partition coefficient (Wildman–Crippen LogP) is 0.901. The number of hydrogen-bond donors (Lipinski definition) is 3. The molecule has 4 heteroatoms. The summed E-state index contributed by atoms with van der Waals surface area (Å²) in [6, 6.07) is 0. The Morgan fingerprint density at radius 3 is 2.71 bits per heavy atom. The van der Waals surface area contributed by atoms with Crippen LogP contribution in [0.15, 0.2) is 0 Å². The summed E-state index contributed by atoms with van der Waals surface area (Å²) in [4.78, 5) is 11.9. The van der Waals surface area contributed by atoms with Gasteiger partial charge in [-0.05, 0) is 44.7 Å². The first kappa shape index (κ1) is 14.5. The molecule has 4 nitrogen and oxygen atoms in total. The van der Waals surface area contributed by atoms with Gasteiger partial charge in [-0.3, -0.25) is 4.79 Å². The summed E-state index contributed by atoms with van der Waals surface area (Å²) < 4.78 is 0. The van der Waals surface area contributed by atoms with Gasteiger partial charge in [-0.1, -0.05) is 13.3 Å². The Balaban J connectivity index is 2.24. The number of carbonyl (C=O) groups excluding carboxylic acids is 1. The average Bonchev–Trinajstić information content (AvgIpc) is 2.37. The van der Waals surface area contributed by atoms with Crippen LogP contribution in [0.25, 0.3) is 0 Å². The maximum Gasteiger partial charge on any atom is 0.223 e. The molecule has 0 saturated carbocycles. The molecule has 0 radical (unpaired) electrons. The third-order valence-corrected chi connectivity index (χ3v) is 3.51. The van der Waals surface area contributed by atoms with Crippen molar-refractivity contribution < 1.29 is 9.90 Å². The van der Waals surface area contributed by atoms with Crippen molar-refractivity contribution >= 4 is 5.91 Å². The Bertz CT molecular complexity index is 209. The molecule has 0 aromatic rings. The molecule has 0 aromatic carbocycles. The lowest BCUT2D eigenvalue weighted by Crippen LogP contribution is -2.40. The number of rotatable bonds is 7. The molecular formula is C13H26N2O2. The highest BCUT2D eigenvalue weighted by molar-refractivity contribution is 5.78. The second-order valence-corrected chi connectivity index (χ2v) is 4.94. The average molecular weight is 242 g/mol. The molecule has 1 aliphatic rings. The van der Waals surface area contributed by atoms with Gasteiger partial charge in [0.25, 0.3) is 0 Å². The Hall–Kier alpha value is -0.610. The second kappa shape index (κ2) is 8.48. The minimum atomic E-state index is 0.188. The first-order valence-corrected chi connectivity index (χ1v) is 6.87. The highest BCUT2D eigenvalue weighted by Gasteiger charge is 2.21. The minimum absolute atomic E-state index is 0.188. The maximum absolute atomic E-state index is 11.9. The van der Waals surface area contributed by atoms with Crippen molar-refractivity contribution in [1.29, 1.82) is 0 Å².